The molecule has 2 heterocycles. The van der Waals surface area contributed by atoms with Crippen LogP contribution in [0.15, 0.2) is 35.7 Å². The predicted molar refractivity (Wildman–Crippen MR) is 112 cm³/mol. The van der Waals surface area contributed by atoms with Gasteiger partial charge in [0.05, 0.1) is 4.90 Å². The van der Waals surface area contributed by atoms with Gasteiger partial charge < -0.3 is 4.90 Å². The molecule has 0 aliphatic carbocycles. The number of fused-ring (bicyclic) bond motifs is 2. The van der Waals surface area contributed by atoms with Gasteiger partial charge in [0.25, 0.3) is 0 Å². The summed E-state index contributed by atoms with van der Waals surface area (Å²) in [7, 11) is -3.94. The third-order valence-electron chi connectivity index (χ3n) is 5.63. The summed E-state index contributed by atoms with van der Waals surface area (Å²) in [5.41, 5.74) is 0. The summed E-state index contributed by atoms with van der Waals surface area (Å²) in [6.07, 6.45) is 5.70. The average molecular weight is 445 g/mol. The van der Waals surface area contributed by atoms with Gasteiger partial charge in [-0.1, -0.05) is 42.6 Å². The summed E-state index contributed by atoms with van der Waals surface area (Å²) in [5, 5.41) is 0.504. The Morgan fingerprint density at radius 3 is 2.50 bits per heavy atom. The topological polar surface area (TPSA) is 57.7 Å². The Bertz CT molecular complexity index is 839. The second kappa shape index (κ2) is 8.74. The van der Waals surface area contributed by atoms with Gasteiger partial charge in [0, 0.05) is 35.1 Å². The molecule has 5 nitrogen and oxygen atoms in total. The van der Waals surface area contributed by atoms with E-state index in [9.17, 15) is 13.2 Å². The normalized spacial score (nSPS) is 26.2. The van der Waals surface area contributed by atoms with Crippen molar-refractivity contribution in [3.63, 3.8) is 0 Å². The molecule has 0 radical (unpaired) electrons. The van der Waals surface area contributed by atoms with Crippen molar-refractivity contribution in [2.75, 3.05) is 13.1 Å². The number of halogens is 2. The zero-order valence-corrected chi connectivity index (χ0v) is 18.3. The van der Waals surface area contributed by atoms with E-state index in [1.54, 1.807) is 6.08 Å². The van der Waals surface area contributed by atoms with Crippen LogP contribution in [-0.2, 0) is 14.8 Å². The minimum absolute atomic E-state index is 0.0273. The molecule has 2 bridgehead atoms. The summed E-state index contributed by atoms with van der Waals surface area (Å²) in [4.78, 5) is 15.1. The first-order valence-corrected chi connectivity index (χ1v) is 11.9. The largest absolute Gasteiger partial charge is 0.341 e. The number of carbonyl (C=O) groups excluding carboxylic acids is 1. The maximum Gasteiger partial charge on any atom is 0.244 e. The molecule has 8 heteroatoms. The zero-order valence-electron chi connectivity index (χ0n) is 16.0. The van der Waals surface area contributed by atoms with Gasteiger partial charge >= 0.3 is 0 Å². The Morgan fingerprint density at radius 2 is 1.89 bits per heavy atom. The van der Waals surface area contributed by atoms with E-state index < -0.39 is 16.1 Å². The SMILES string of the molecule is C=C[C@H]1CN(CCCC)C(=O)C2CCCC1N2S(=O)(=O)c1cc(Cl)cc(Cl)c1. The zero-order chi connectivity index (χ0) is 20.5. The van der Waals surface area contributed by atoms with Crippen molar-refractivity contribution >= 4 is 39.1 Å². The summed E-state index contributed by atoms with van der Waals surface area (Å²) < 4.78 is 28.6. The van der Waals surface area contributed by atoms with Crippen molar-refractivity contribution in [2.24, 2.45) is 5.92 Å². The molecule has 2 saturated heterocycles. The van der Waals surface area contributed by atoms with Gasteiger partial charge in [0.15, 0.2) is 0 Å². The van der Waals surface area contributed by atoms with E-state index in [2.05, 4.69) is 13.5 Å². The fraction of sp³-hybridized carbons (Fsp3) is 0.550. The minimum atomic E-state index is -3.94. The van der Waals surface area contributed by atoms with E-state index in [1.807, 2.05) is 4.90 Å². The number of sulfonamides is 1. The first kappa shape index (κ1) is 21.6. The van der Waals surface area contributed by atoms with Crippen LogP contribution in [0.4, 0.5) is 0 Å². The van der Waals surface area contributed by atoms with E-state index in [1.165, 1.54) is 22.5 Å². The van der Waals surface area contributed by atoms with Crippen molar-refractivity contribution in [1.82, 2.24) is 9.21 Å². The van der Waals surface area contributed by atoms with Crippen molar-refractivity contribution < 1.29 is 13.2 Å². The average Bonchev–Trinajstić information content (AvgIpc) is 2.72. The molecule has 0 aromatic heterocycles. The van der Waals surface area contributed by atoms with Gasteiger partial charge in [-0.3, -0.25) is 4.79 Å². The van der Waals surface area contributed by atoms with E-state index in [-0.39, 0.29) is 32.8 Å². The fourth-order valence-corrected chi connectivity index (χ4v) is 6.84. The number of amides is 1. The van der Waals surface area contributed by atoms with Gasteiger partial charge in [-0.15, -0.1) is 6.58 Å². The molecular formula is C20H26Cl2N2O3S. The van der Waals surface area contributed by atoms with E-state index in [4.69, 9.17) is 23.2 Å². The lowest BCUT2D eigenvalue weighted by atomic mass is 9.90. The molecule has 154 valence electrons. The van der Waals surface area contributed by atoms with E-state index in [0.29, 0.717) is 25.9 Å². The molecular weight excluding hydrogens is 419 g/mol. The summed E-state index contributed by atoms with van der Waals surface area (Å²) in [6.45, 7) is 7.15. The second-order valence-corrected chi connectivity index (χ2v) is 10.2. The second-order valence-electron chi connectivity index (χ2n) is 7.49. The third kappa shape index (κ3) is 4.11. The Labute approximate surface area is 177 Å². The highest BCUT2D eigenvalue weighted by Gasteiger charge is 2.49. The van der Waals surface area contributed by atoms with Gasteiger partial charge in [-0.05, 0) is 43.9 Å². The number of piperidine rings is 1. The van der Waals surface area contributed by atoms with Crippen LogP contribution in [0.25, 0.3) is 0 Å². The van der Waals surface area contributed by atoms with Crippen LogP contribution in [0.1, 0.15) is 39.0 Å². The first-order valence-electron chi connectivity index (χ1n) is 9.70. The third-order valence-corrected chi connectivity index (χ3v) is 7.98. The minimum Gasteiger partial charge on any atom is -0.341 e. The Hall–Kier alpha value is -1.08. The number of rotatable bonds is 6. The number of unbranched alkanes of at least 4 members (excludes halogenated alkanes) is 1. The standard InChI is InChI=1S/C20H26Cl2N2O3S/c1-3-5-9-23-13-14(4-2)18-7-6-8-19(20(23)25)24(18)28(26,27)17-11-15(21)10-16(22)12-17/h4,10-12,14,18-19H,2-3,5-9,13H2,1H3/t14-,18?,19?/m0/s1. The van der Waals surface area contributed by atoms with Crippen LogP contribution in [0.2, 0.25) is 10.0 Å². The monoisotopic (exact) mass is 444 g/mol. The maximum absolute atomic E-state index is 13.6. The molecule has 0 spiro atoms. The highest BCUT2D eigenvalue weighted by atomic mass is 35.5. The number of carbonyl (C=O) groups is 1. The molecule has 2 aliphatic rings. The number of hydrogen-bond donors (Lipinski definition) is 0. The molecule has 0 saturated carbocycles. The van der Waals surface area contributed by atoms with Crippen LogP contribution < -0.4 is 0 Å². The van der Waals surface area contributed by atoms with Crippen molar-refractivity contribution in [3.05, 3.63) is 40.9 Å². The number of hydrogen-bond acceptors (Lipinski definition) is 3. The number of nitrogens with zero attached hydrogens (tertiary/aromatic N) is 2. The maximum atomic E-state index is 13.6. The molecule has 3 rings (SSSR count). The van der Waals surface area contributed by atoms with Crippen LogP contribution in [-0.4, -0.2) is 48.7 Å². The highest BCUT2D eigenvalue weighted by Crippen LogP contribution is 2.38. The molecule has 2 aliphatic heterocycles. The van der Waals surface area contributed by atoms with Crippen LogP contribution in [0, 0.1) is 5.92 Å². The van der Waals surface area contributed by atoms with Gasteiger partial charge in [0.2, 0.25) is 15.9 Å². The fourth-order valence-electron chi connectivity index (χ4n) is 4.24. The molecule has 0 N–H and O–H groups in total. The summed E-state index contributed by atoms with van der Waals surface area (Å²) in [6, 6.07) is 3.30. The lowest BCUT2D eigenvalue weighted by Gasteiger charge is -2.40. The molecule has 1 aromatic carbocycles. The highest BCUT2D eigenvalue weighted by molar-refractivity contribution is 7.89. The van der Waals surface area contributed by atoms with E-state index in [0.717, 1.165) is 19.3 Å². The Morgan fingerprint density at radius 1 is 1.21 bits per heavy atom. The van der Waals surface area contributed by atoms with Crippen molar-refractivity contribution in [3.8, 4) is 0 Å². The lowest BCUT2D eigenvalue weighted by Crippen LogP contribution is -2.54. The smallest absolute Gasteiger partial charge is 0.244 e. The van der Waals surface area contributed by atoms with Crippen LogP contribution in [0.3, 0.4) is 0 Å². The molecule has 28 heavy (non-hydrogen) atoms. The van der Waals surface area contributed by atoms with Gasteiger partial charge in [-0.25, -0.2) is 8.42 Å². The molecule has 3 atom stereocenters. The van der Waals surface area contributed by atoms with Gasteiger partial charge in [0.1, 0.15) is 6.04 Å². The molecule has 1 aromatic rings. The van der Waals surface area contributed by atoms with Crippen LogP contribution >= 0.6 is 23.2 Å². The van der Waals surface area contributed by atoms with E-state index >= 15 is 0 Å². The Kier molecular flexibility index (Phi) is 6.75. The van der Waals surface area contributed by atoms with Gasteiger partial charge in [-0.2, -0.15) is 4.31 Å². The number of benzene rings is 1. The lowest BCUT2D eigenvalue weighted by molar-refractivity contribution is -0.135. The molecule has 2 unspecified atom stereocenters. The van der Waals surface area contributed by atoms with Crippen LogP contribution in [0.5, 0.6) is 0 Å². The summed E-state index contributed by atoms with van der Waals surface area (Å²) in [5.74, 6) is -0.227. The Balaban J connectivity index is 2.07. The molecule has 1 amide bonds. The van der Waals surface area contributed by atoms with Crippen molar-refractivity contribution in [1.29, 1.82) is 0 Å². The first-order chi connectivity index (χ1) is 13.3. The van der Waals surface area contributed by atoms with Crippen molar-refractivity contribution in [2.45, 2.75) is 56.0 Å². The quantitative estimate of drug-likeness (QED) is 0.612. The predicted octanol–water partition coefficient (Wildman–Crippen LogP) is 4.35. The molecule has 2 fully saturated rings. The summed E-state index contributed by atoms with van der Waals surface area (Å²) >= 11 is 12.1.